The monoisotopic (exact) mass is 364 g/mol. The van der Waals surface area contributed by atoms with E-state index in [-0.39, 0.29) is 29.6 Å². The van der Waals surface area contributed by atoms with Crippen LogP contribution < -0.4 is 0 Å². The zero-order valence-corrected chi connectivity index (χ0v) is 16.1. The third-order valence-electron chi connectivity index (χ3n) is 5.18. The molecule has 0 aliphatic carbocycles. The average molecular weight is 365 g/mol. The van der Waals surface area contributed by atoms with Gasteiger partial charge in [-0.25, -0.2) is 0 Å². The van der Waals surface area contributed by atoms with Gasteiger partial charge in [-0.15, -0.1) is 12.4 Å². The Morgan fingerprint density at radius 3 is 2.24 bits per heavy atom. The molecule has 2 amide bonds. The smallest absolute Gasteiger partial charge is 0.229 e. The molecule has 0 atom stereocenters. The summed E-state index contributed by atoms with van der Waals surface area (Å²) in [5.41, 5.74) is 2.74. The summed E-state index contributed by atoms with van der Waals surface area (Å²) < 4.78 is 0. The molecule has 0 radical (unpaired) electrons. The number of hydrogen-bond donors (Lipinski definition) is 0. The minimum Gasteiger partial charge on any atom is -0.299 e. The Balaban J connectivity index is 0.00000225. The minimum absolute atomic E-state index is 0. The van der Waals surface area contributed by atoms with Crippen molar-refractivity contribution in [3.8, 4) is 0 Å². The first-order valence-electron chi connectivity index (χ1n) is 9.07. The van der Waals surface area contributed by atoms with Crippen LogP contribution in [0.2, 0.25) is 0 Å². The maximum absolute atomic E-state index is 12.1. The lowest BCUT2D eigenvalue weighted by molar-refractivity contribution is -0.152. The van der Waals surface area contributed by atoms with Gasteiger partial charge in [-0.2, -0.15) is 0 Å². The zero-order valence-electron chi connectivity index (χ0n) is 15.3. The van der Waals surface area contributed by atoms with Crippen LogP contribution in [0.5, 0.6) is 0 Å². The normalized spacial score (nSPS) is 20.2. The predicted octanol–water partition coefficient (Wildman–Crippen LogP) is 3.42. The molecule has 1 saturated heterocycles. The molecule has 0 aromatic heterocycles. The number of carbonyl (C=O) groups is 2. The van der Waals surface area contributed by atoms with Gasteiger partial charge in [-0.1, -0.05) is 38.1 Å². The maximum Gasteiger partial charge on any atom is 0.229 e. The standard InChI is InChI=1S/C20H28N2O2.ClH/c1-20(2)13-18(23)22(19(24)14-20)11-6-5-10-21-12-9-16-7-3-4-8-17(16)15-21;/h3-4,7-8H,5-6,9-15H2,1-2H3;1H. The Bertz CT molecular complexity index is 610. The number of likely N-dealkylation sites (tertiary alicyclic amines) is 1. The van der Waals surface area contributed by atoms with Crippen molar-refractivity contribution in [1.29, 1.82) is 0 Å². The van der Waals surface area contributed by atoms with E-state index in [2.05, 4.69) is 29.2 Å². The lowest BCUT2D eigenvalue weighted by atomic mass is 9.82. The van der Waals surface area contributed by atoms with Gasteiger partial charge >= 0.3 is 0 Å². The highest BCUT2D eigenvalue weighted by Gasteiger charge is 2.36. The van der Waals surface area contributed by atoms with E-state index in [1.807, 2.05) is 13.8 Å². The van der Waals surface area contributed by atoms with E-state index < -0.39 is 0 Å². The molecule has 5 heteroatoms. The molecule has 1 aromatic carbocycles. The molecular weight excluding hydrogens is 336 g/mol. The van der Waals surface area contributed by atoms with Crippen molar-refractivity contribution >= 4 is 24.2 Å². The molecule has 2 heterocycles. The molecule has 138 valence electrons. The lowest BCUT2D eigenvalue weighted by Crippen LogP contribution is -2.46. The molecular formula is C20H29ClN2O2. The summed E-state index contributed by atoms with van der Waals surface area (Å²) in [7, 11) is 0. The summed E-state index contributed by atoms with van der Waals surface area (Å²) in [5.74, 6) is 0.00583. The largest absolute Gasteiger partial charge is 0.299 e. The molecule has 1 aromatic rings. The highest BCUT2D eigenvalue weighted by Crippen LogP contribution is 2.31. The van der Waals surface area contributed by atoms with Crippen molar-refractivity contribution in [2.45, 2.75) is 52.5 Å². The fourth-order valence-electron chi connectivity index (χ4n) is 3.81. The van der Waals surface area contributed by atoms with Gasteiger partial charge in [0.2, 0.25) is 11.8 Å². The number of fused-ring (bicyclic) bond motifs is 1. The van der Waals surface area contributed by atoms with Crippen molar-refractivity contribution in [3.05, 3.63) is 35.4 Å². The number of halogens is 1. The number of piperidine rings is 1. The molecule has 3 rings (SSSR count). The second kappa shape index (κ2) is 8.33. The second-order valence-corrected chi connectivity index (χ2v) is 7.96. The van der Waals surface area contributed by atoms with E-state index in [0.29, 0.717) is 19.4 Å². The molecule has 2 aliphatic rings. The average Bonchev–Trinajstić information content (AvgIpc) is 2.52. The number of benzene rings is 1. The Hall–Kier alpha value is -1.39. The molecule has 4 nitrogen and oxygen atoms in total. The third-order valence-corrected chi connectivity index (χ3v) is 5.18. The topological polar surface area (TPSA) is 40.6 Å². The first-order valence-corrected chi connectivity index (χ1v) is 9.07. The molecule has 0 unspecified atom stereocenters. The summed E-state index contributed by atoms with van der Waals surface area (Å²) in [4.78, 5) is 28.3. The number of unbranched alkanes of at least 4 members (excludes halogenated alkanes) is 1. The van der Waals surface area contributed by atoms with Crippen molar-refractivity contribution in [2.75, 3.05) is 19.6 Å². The number of hydrogen-bond acceptors (Lipinski definition) is 3. The second-order valence-electron chi connectivity index (χ2n) is 7.96. The van der Waals surface area contributed by atoms with Gasteiger partial charge in [0, 0.05) is 32.5 Å². The van der Waals surface area contributed by atoms with Crippen LogP contribution in [0.15, 0.2) is 24.3 Å². The van der Waals surface area contributed by atoms with Crippen molar-refractivity contribution in [2.24, 2.45) is 5.41 Å². The summed E-state index contributed by atoms with van der Waals surface area (Å²) in [5, 5.41) is 0. The van der Waals surface area contributed by atoms with Crippen LogP contribution in [0.1, 0.15) is 50.7 Å². The Morgan fingerprint density at radius 2 is 1.56 bits per heavy atom. The first kappa shape index (κ1) is 19.9. The molecule has 2 aliphatic heterocycles. The fraction of sp³-hybridized carbons (Fsp3) is 0.600. The molecule has 25 heavy (non-hydrogen) atoms. The van der Waals surface area contributed by atoms with Gasteiger partial charge in [0.15, 0.2) is 0 Å². The van der Waals surface area contributed by atoms with Gasteiger partial charge in [0.1, 0.15) is 0 Å². The molecule has 0 saturated carbocycles. The number of nitrogens with zero attached hydrogens (tertiary/aromatic N) is 2. The lowest BCUT2D eigenvalue weighted by Gasteiger charge is -2.35. The SMILES string of the molecule is CC1(C)CC(=O)N(CCCCN2CCc3ccccc3C2)C(=O)C1.Cl. The van der Waals surface area contributed by atoms with Crippen molar-refractivity contribution in [3.63, 3.8) is 0 Å². The van der Waals surface area contributed by atoms with Gasteiger partial charge < -0.3 is 0 Å². The summed E-state index contributed by atoms with van der Waals surface area (Å²) in [6.45, 7) is 7.73. The summed E-state index contributed by atoms with van der Waals surface area (Å²) >= 11 is 0. The van der Waals surface area contributed by atoms with Crippen LogP contribution in [-0.4, -0.2) is 41.2 Å². The fourth-order valence-corrected chi connectivity index (χ4v) is 3.81. The van der Waals surface area contributed by atoms with Gasteiger partial charge in [-0.3, -0.25) is 19.4 Å². The van der Waals surface area contributed by atoms with E-state index in [4.69, 9.17) is 0 Å². The third kappa shape index (κ3) is 5.05. The van der Waals surface area contributed by atoms with Gasteiger partial charge in [0.05, 0.1) is 0 Å². The number of imide groups is 1. The van der Waals surface area contributed by atoms with Crippen LogP contribution in [0, 0.1) is 5.41 Å². The van der Waals surface area contributed by atoms with Crippen LogP contribution in [0.4, 0.5) is 0 Å². The van der Waals surface area contributed by atoms with Gasteiger partial charge in [0.25, 0.3) is 0 Å². The summed E-state index contributed by atoms with van der Waals surface area (Å²) in [6.07, 6.45) is 4.02. The molecule has 0 spiro atoms. The molecule has 0 N–H and O–H groups in total. The highest BCUT2D eigenvalue weighted by atomic mass is 35.5. The van der Waals surface area contributed by atoms with E-state index in [9.17, 15) is 9.59 Å². The van der Waals surface area contributed by atoms with Crippen LogP contribution >= 0.6 is 12.4 Å². The Kier molecular flexibility index (Phi) is 6.64. The Morgan fingerprint density at radius 1 is 0.960 bits per heavy atom. The quantitative estimate of drug-likeness (QED) is 0.593. The van der Waals surface area contributed by atoms with E-state index in [1.54, 1.807) is 0 Å². The number of amides is 2. The number of carbonyl (C=O) groups excluding carboxylic acids is 2. The summed E-state index contributed by atoms with van der Waals surface area (Å²) in [6, 6.07) is 8.66. The van der Waals surface area contributed by atoms with Crippen molar-refractivity contribution in [1.82, 2.24) is 9.80 Å². The highest BCUT2D eigenvalue weighted by molar-refractivity contribution is 5.98. The zero-order chi connectivity index (χ0) is 17.2. The molecule has 0 bridgehead atoms. The van der Waals surface area contributed by atoms with E-state index in [1.165, 1.54) is 16.0 Å². The van der Waals surface area contributed by atoms with Crippen LogP contribution in [0.3, 0.4) is 0 Å². The Labute approximate surface area is 157 Å². The van der Waals surface area contributed by atoms with Crippen LogP contribution in [-0.2, 0) is 22.6 Å². The molecule has 1 fully saturated rings. The van der Waals surface area contributed by atoms with Crippen LogP contribution in [0.25, 0.3) is 0 Å². The van der Waals surface area contributed by atoms with Crippen molar-refractivity contribution < 1.29 is 9.59 Å². The minimum atomic E-state index is -0.175. The van der Waals surface area contributed by atoms with E-state index in [0.717, 1.165) is 38.9 Å². The first-order chi connectivity index (χ1) is 11.4. The maximum atomic E-state index is 12.1. The predicted molar refractivity (Wildman–Crippen MR) is 102 cm³/mol. The van der Waals surface area contributed by atoms with Gasteiger partial charge in [-0.05, 0) is 42.3 Å². The van der Waals surface area contributed by atoms with E-state index >= 15 is 0 Å². The number of rotatable bonds is 5.